The Bertz CT molecular complexity index is 1170. The fourth-order valence-electron chi connectivity index (χ4n) is 7.16. The van der Waals surface area contributed by atoms with Crippen molar-refractivity contribution in [2.45, 2.75) is 113 Å². The maximum Gasteiger partial charge on any atom is 0.163 e. The minimum Gasteiger partial charge on any atom is -0.300 e. The molecule has 3 unspecified atom stereocenters. The molecule has 1 aliphatic carbocycles. The molecule has 0 saturated heterocycles. The molecule has 3 heteroatoms. The molecule has 3 nitrogen and oxygen atoms in total. The van der Waals surface area contributed by atoms with Crippen LogP contribution < -0.4 is 0 Å². The van der Waals surface area contributed by atoms with E-state index in [1.165, 1.54) is 40.3 Å². The Balaban J connectivity index is 2.04. The Kier molecular flexibility index (Phi) is 10.7. The van der Waals surface area contributed by atoms with Crippen LogP contribution in [0.4, 0.5) is 0 Å². The Labute approximate surface area is 230 Å². The van der Waals surface area contributed by atoms with Gasteiger partial charge in [0.25, 0.3) is 0 Å². The Hall–Kier alpha value is -2.55. The van der Waals surface area contributed by atoms with Crippen molar-refractivity contribution in [2.75, 3.05) is 0 Å². The number of fused-ring (bicyclic) bond motifs is 1. The maximum absolute atomic E-state index is 13.6. The van der Waals surface area contributed by atoms with Gasteiger partial charge in [-0.25, -0.2) is 0 Å². The van der Waals surface area contributed by atoms with Crippen molar-refractivity contribution < 1.29 is 14.4 Å². The summed E-state index contributed by atoms with van der Waals surface area (Å²) in [4.78, 5) is 38.3. The average Bonchev–Trinajstić information content (AvgIpc) is 2.87. The molecular formula is C35H48O3. The van der Waals surface area contributed by atoms with Gasteiger partial charge in [-0.2, -0.15) is 0 Å². The molecule has 3 rings (SSSR count). The van der Waals surface area contributed by atoms with E-state index in [1.807, 2.05) is 0 Å². The fourth-order valence-corrected chi connectivity index (χ4v) is 7.16. The number of benzene rings is 2. The molecule has 0 heterocycles. The van der Waals surface area contributed by atoms with E-state index in [4.69, 9.17) is 0 Å². The number of hydrogen-bond donors (Lipinski definition) is 0. The van der Waals surface area contributed by atoms with Gasteiger partial charge in [0.1, 0.15) is 11.6 Å². The number of rotatable bonds is 13. The fraction of sp³-hybridized carbons (Fsp3) is 0.571. The van der Waals surface area contributed by atoms with E-state index < -0.39 is 0 Å². The summed E-state index contributed by atoms with van der Waals surface area (Å²) in [5.41, 5.74) is 9.97. The van der Waals surface area contributed by atoms with Crippen molar-refractivity contribution in [3.63, 3.8) is 0 Å². The first-order chi connectivity index (χ1) is 18.2. The number of aryl methyl sites for hydroxylation is 2. The van der Waals surface area contributed by atoms with Gasteiger partial charge in [-0.1, -0.05) is 71.7 Å². The molecule has 2 aromatic carbocycles. The van der Waals surface area contributed by atoms with E-state index in [-0.39, 0.29) is 41.5 Å². The lowest BCUT2D eigenvalue weighted by Gasteiger charge is -2.33. The van der Waals surface area contributed by atoms with Crippen LogP contribution in [0, 0.1) is 24.7 Å². The van der Waals surface area contributed by atoms with Gasteiger partial charge < -0.3 is 0 Å². The van der Waals surface area contributed by atoms with Gasteiger partial charge in [0.15, 0.2) is 5.78 Å². The van der Waals surface area contributed by atoms with E-state index in [2.05, 4.69) is 65.8 Å². The lowest BCUT2D eigenvalue weighted by Crippen LogP contribution is -2.30. The Morgan fingerprint density at radius 3 is 2.16 bits per heavy atom. The van der Waals surface area contributed by atoms with Crippen LogP contribution in [0.5, 0.6) is 0 Å². The molecule has 0 amide bonds. The average molecular weight is 517 g/mol. The summed E-state index contributed by atoms with van der Waals surface area (Å²) < 4.78 is 0. The summed E-state index contributed by atoms with van der Waals surface area (Å²) in [6.07, 6.45) is 8.04. The van der Waals surface area contributed by atoms with Crippen LogP contribution >= 0.6 is 0 Å². The van der Waals surface area contributed by atoms with Crippen LogP contribution in [-0.4, -0.2) is 17.3 Å². The van der Waals surface area contributed by atoms with Gasteiger partial charge in [-0.05, 0) is 103 Å². The molecule has 0 aromatic heterocycles. The molecule has 0 fully saturated rings. The number of carbonyl (C=O) groups excluding carboxylic acids is 3. The first kappa shape index (κ1) is 30.0. The quantitative estimate of drug-likeness (QED) is 0.251. The lowest BCUT2D eigenvalue weighted by atomic mass is 9.70. The predicted molar refractivity (Wildman–Crippen MR) is 158 cm³/mol. The number of Topliss-reactive ketones (excluding diaryl/α,β-unsaturated/α-hetero) is 3. The summed E-state index contributed by atoms with van der Waals surface area (Å²) in [6.45, 7) is 14.5. The van der Waals surface area contributed by atoms with Gasteiger partial charge in [0.05, 0.1) is 6.42 Å². The molecule has 3 atom stereocenters. The van der Waals surface area contributed by atoms with E-state index in [0.29, 0.717) is 6.42 Å². The molecule has 1 aliphatic rings. The predicted octanol–water partition coefficient (Wildman–Crippen LogP) is 8.48. The molecule has 38 heavy (non-hydrogen) atoms. The first-order valence-corrected chi connectivity index (χ1v) is 15.0. The van der Waals surface area contributed by atoms with Gasteiger partial charge in [0, 0.05) is 17.9 Å². The molecule has 0 saturated carbocycles. The van der Waals surface area contributed by atoms with Crippen molar-refractivity contribution in [1.29, 1.82) is 0 Å². The second kappa shape index (κ2) is 13.5. The van der Waals surface area contributed by atoms with Gasteiger partial charge in [0.2, 0.25) is 0 Å². The van der Waals surface area contributed by atoms with Crippen molar-refractivity contribution in [1.82, 2.24) is 0 Å². The molecule has 0 radical (unpaired) electrons. The van der Waals surface area contributed by atoms with E-state index >= 15 is 0 Å². The van der Waals surface area contributed by atoms with Gasteiger partial charge in [-0.3, -0.25) is 14.4 Å². The normalized spacial score (nSPS) is 16.7. The standard InChI is InChI=1S/C35H48O3/c1-8-13-26(28(11-4)33(37)18-23(7)36)19-24-20-32-31(16-14-22(6)35(32)34(38)21-24)30-17-15-25(9-2)27(10-3)29(30)12-5/h14-17,24,26,28H,8-13,18-21H2,1-7H3. The maximum atomic E-state index is 13.6. The highest BCUT2D eigenvalue weighted by atomic mass is 16.1. The minimum atomic E-state index is -0.104. The zero-order valence-corrected chi connectivity index (χ0v) is 24.8. The van der Waals surface area contributed by atoms with Crippen molar-refractivity contribution in [2.24, 2.45) is 17.8 Å². The highest BCUT2D eigenvalue weighted by molar-refractivity contribution is 6.02. The lowest BCUT2D eigenvalue weighted by molar-refractivity contribution is -0.129. The van der Waals surface area contributed by atoms with Gasteiger partial charge in [-0.15, -0.1) is 0 Å². The SMILES string of the molecule is CCCC(CC1CC(=O)c2c(C)ccc(-c3ccc(CC)c(CC)c3CC)c2C1)C(CC)C(=O)CC(C)=O. The van der Waals surface area contributed by atoms with E-state index in [9.17, 15) is 14.4 Å². The third-order valence-electron chi connectivity index (χ3n) is 8.81. The smallest absolute Gasteiger partial charge is 0.163 e. The molecule has 0 spiro atoms. The van der Waals surface area contributed by atoms with Crippen molar-refractivity contribution in [3.8, 4) is 11.1 Å². The molecule has 2 aromatic rings. The Morgan fingerprint density at radius 1 is 0.895 bits per heavy atom. The number of hydrogen-bond acceptors (Lipinski definition) is 3. The van der Waals surface area contributed by atoms with Crippen LogP contribution in [-0.2, 0) is 35.3 Å². The summed E-state index contributed by atoms with van der Waals surface area (Å²) in [5.74, 6) is 0.592. The summed E-state index contributed by atoms with van der Waals surface area (Å²) in [7, 11) is 0. The first-order valence-electron chi connectivity index (χ1n) is 15.0. The molecular weight excluding hydrogens is 468 g/mol. The zero-order chi connectivity index (χ0) is 28.0. The minimum absolute atomic E-state index is 0.0296. The summed E-state index contributed by atoms with van der Waals surface area (Å²) in [5, 5.41) is 0. The highest BCUT2D eigenvalue weighted by Crippen LogP contribution is 2.41. The van der Waals surface area contributed by atoms with Crippen molar-refractivity contribution in [3.05, 3.63) is 57.6 Å². The second-order valence-corrected chi connectivity index (χ2v) is 11.4. The Morgan fingerprint density at radius 2 is 1.58 bits per heavy atom. The van der Waals surface area contributed by atoms with E-state index in [1.54, 1.807) is 0 Å². The zero-order valence-electron chi connectivity index (χ0n) is 24.8. The van der Waals surface area contributed by atoms with Crippen molar-refractivity contribution >= 4 is 17.3 Å². The van der Waals surface area contributed by atoms with Crippen LogP contribution in [0.3, 0.4) is 0 Å². The second-order valence-electron chi connectivity index (χ2n) is 11.4. The van der Waals surface area contributed by atoms with Crippen LogP contribution in [0.2, 0.25) is 0 Å². The molecule has 0 aliphatic heterocycles. The molecule has 0 bridgehead atoms. The van der Waals surface area contributed by atoms with Crippen LogP contribution in [0.1, 0.15) is 118 Å². The number of carbonyl (C=O) groups is 3. The van der Waals surface area contributed by atoms with E-state index in [0.717, 1.165) is 62.5 Å². The molecule has 0 N–H and O–H groups in total. The third-order valence-corrected chi connectivity index (χ3v) is 8.81. The van der Waals surface area contributed by atoms with Gasteiger partial charge >= 0.3 is 0 Å². The monoisotopic (exact) mass is 516 g/mol. The van der Waals surface area contributed by atoms with Crippen LogP contribution in [0.25, 0.3) is 11.1 Å². The summed E-state index contributed by atoms with van der Waals surface area (Å²) in [6, 6.07) is 8.92. The largest absolute Gasteiger partial charge is 0.300 e. The summed E-state index contributed by atoms with van der Waals surface area (Å²) >= 11 is 0. The van der Waals surface area contributed by atoms with Crippen LogP contribution in [0.15, 0.2) is 24.3 Å². The topological polar surface area (TPSA) is 51.2 Å². The molecule has 206 valence electrons. The number of ketones is 3. The third kappa shape index (κ3) is 6.35. The highest BCUT2D eigenvalue weighted by Gasteiger charge is 2.34.